The Hall–Kier alpha value is -0.0800. The Morgan fingerprint density at radius 3 is 2.50 bits per heavy atom. The van der Waals surface area contributed by atoms with Gasteiger partial charge in [0.25, 0.3) is 0 Å². The molecule has 0 radical (unpaired) electrons. The van der Waals surface area contributed by atoms with Crippen LogP contribution >= 0.6 is 0 Å². The van der Waals surface area contributed by atoms with Gasteiger partial charge in [-0.2, -0.15) is 0 Å². The van der Waals surface area contributed by atoms with Crippen molar-refractivity contribution in [1.82, 2.24) is 5.32 Å². The molecule has 2 nitrogen and oxygen atoms in total. The molecule has 1 aliphatic heterocycles. The van der Waals surface area contributed by atoms with Crippen molar-refractivity contribution >= 4 is 0 Å². The van der Waals surface area contributed by atoms with E-state index >= 15 is 0 Å². The molecule has 0 aliphatic carbocycles. The van der Waals surface area contributed by atoms with Gasteiger partial charge in [0.1, 0.15) is 0 Å². The molecule has 2 heteroatoms. The zero-order valence-corrected chi connectivity index (χ0v) is 11.5. The maximum Gasteiger partial charge on any atom is 0.0576 e. The third-order valence-electron chi connectivity index (χ3n) is 3.34. The van der Waals surface area contributed by atoms with E-state index in [2.05, 4.69) is 33.0 Å². The first-order valence-electron chi connectivity index (χ1n) is 6.95. The van der Waals surface area contributed by atoms with Gasteiger partial charge in [0.2, 0.25) is 0 Å². The summed E-state index contributed by atoms with van der Waals surface area (Å²) in [6, 6.07) is 1.26. The van der Waals surface area contributed by atoms with Crippen LogP contribution in [0.25, 0.3) is 0 Å². The molecule has 0 amide bonds. The lowest BCUT2D eigenvalue weighted by Gasteiger charge is -2.22. The lowest BCUT2D eigenvalue weighted by atomic mass is 10.0. The molecule has 0 aromatic rings. The largest absolute Gasteiger partial charge is 0.378 e. The zero-order valence-electron chi connectivity index (χ0n) is 11.5. The minimum Gasteiger partial charge on any atom is -0.378 e. The summed E-state index contributed by atoms with van der Waals surface area (Å²) in [4.78, 5) is 0. The number of rotatable bonds is 7. The van der Waals surface area contributed by atoms with Crippen molar-refractivity contribution in [2.75, 3.05) is 6.61 Å². The molecule has 3 atom stereocenters. The minimum atomic E-state index is 0.546. The molecule has 16 heavy (non-hydrogen) atoms. The van der Waals surface area contributed by atoms with Crippen molar-refractivity contribution in [2.24, 2.45) is 5.92 Å². The molecule has 1 aliphatic rings. The maximum atomic E-state index is 5.65. The molecule has 0 saturated carbocycles. The third kappa shape index (κ3) is 5.86. The van der Waals surface area contributed by atoms with Gasteiger partial charge < -0.3 is 10.1 Å². The van der Waals surface area contributed by atoms with Crippen LogP contribution in [0.2, 0.25) is 0 Å². The quantitative estimate of drug-likeness (QED) is 0.720. The molecule has 0 spiro atoms. The van der Waals surface area contributed by atoms with Crippen molar-refractivity contribution in [1.29, 1.82) is 0 Å². The Labute approximate surface area is 101 Å². The summed E-state index contributed by atoms with van der Waals surface area (Å²) in [5.74, 6) is 0.785. The highest BCUT2D eigenvalue weighted by molar-refractivity contribution is 4.72. The van der Waals surface area contributed by atoms with E-state index in [0.29, 0.717) is 18.2 Å². The van der Waals surface area contributed by atoms with E-state index < -0.39 is 0 Å². The van der Waals surface area contributed by atoms with E-state index in [-0.39, 0.29) is 0 Å². The van der Waals surface area contributed by atoms with Crippen molar-refractivity contribution in [3.05, 3.63) is 0 Å². The van der Waals surface area contributed by atoms with Gasteiger partial charge >= 0.3 is 0 Å². The van der Waals surface area contributed by atoms with Crippen molar-refractivity contribution in [3.8, 4) is 0 Å². The standard InChI is InChI=1S/C14H29NO/c1-11(2)10-13(4)15-12(3)7-8-14-6-5-9-16-14/h11-15H,5-10H2,1-4H3. The van der Waals surface area contributed by atoms with Crippen molar-refractivity contribution < 1.29 is 4.74 Å². The summed E-state index contributed by atoms with van der Waals surface area (Å²) in [6.07, 6.45) is 6.81. The van der Waals surface area contributed by atoms with Crippen LogP contribution in [0.15, 0.2) is 0 Å². The second-order valence-corrected chi connectivity index (χ2v) is 5.81. The Balaban J connectivity index is 2.07. The molecule has 0 aromatic carbocycles. The third-order valence-corrected chi connectivity index (χ3v) is 3.34. The number of ether oxygens (including phenoxy) is 1. The monoisotopic (exact) mass is 227 g/mol. The second kappa shape index (κ2) is 7.29. The Kier molecular flexibility index (Phi) is 6.37. The fourth-order valence-corrected chi connectivity index (χ4v) is 2.65. The van der Waals surface area contributed by atoms with Crippen molar-refractivity contribution in [2.45, 2.75) is 78.0 Å². The molecule has 3 unspecified atom stereocenters. The predicted octanol–water partition coefficient (Wildman–Crippen LogP) is 3.36. The Morgan fingerprint density at radius 2 is 1.94 bits per heavy atom. The summed E-state index contributed by atoms with van der Waals surface area (Å²) in [6.45, 7) is 10.1. The van der Waals surface area contributed by atoms with Crippen LogP contribution in [0.3, 0.4) is 0 Å². The van der Waals surface area contributed by atoms with Crippen molar-refractivity contribution in [3.63, 3.8) is 0 Å². The summed E-state index contributed by atoms with van der Waals surface area (Å²) < 4.78 is 5.65. The molecule has 1 N–H and O–H groups in total. The van der Waals surface area contributed by atoms with Gasteiger partial charge in [-0.1, -0.05) is 13.8 Å². The average Bonchev–Trinajstić information content (AvgIpc) is 2.65. The maximum absolute atomic E-state index is 5.65. The van der Waals surface area contributed by atoms with Gasteiger partial charge in [-0.15, -0.1) is 0 Å². The smallest absolute Gasteiger partial charge is 0.0576 e. The first-order valence-corrected chi connectivity index (χ1v) is 6.95. The molecule has 1 saturated heterocycles. The predicted molar refractivity (Wildman–Crippen MR) is 69.7 cm³/mol. The topological polar surface area (TPSA) is 21.3 Å². The fraction of sp³-hybridized carbons (Fsp3) is 1.00. The lowest BCUT2D eigenvalue weighted by Crippen LogP contribution is -2.35. The van der Waals surface area contributed by atoms with E-state index in [9.17, 15) is 0 Å². The van der Waals surface area contributed by atoms with E-state index in [1.807, 2.05) is 0 Å². The van der Waals surface area contributed by atoms with E-state index in [1.165, 1.54) is 32.1 Å². The normalized spacial score (nSPS) is 24.9. The van der Waals surface area contributed by atoms with E-state index in [0.717, 1.165) is 12.5 Å². The van der Waals surface area contributed by atoms with Gasteiger partial charge in [-0.25, -0.2) is 0 Å². The first-order chi connectivity index (χ1) is 7.58. The molecule has 0 bridgehead atoms. The number of hydrogen-bond acceptors (Lipinski definition) is 2. The van der Waals surface area contributed by atoms with Gasteiger partial charge in [-0.05, 0) is 51.9 Å². The van der Waals surface area contributed by atoms with Gasteiger partial charge in [0.15, 0.2) is 0 Å². The fourth-order valence-electron chi connectivity index (χ4n) is 2.65. The van der Waals surface area contributed by atoms with Crippen LogP contribution in [-0.2, 0) is 4.74 Å². The summed E-state index contributed by atoms with van der Waals surface area (Å²) in [5, 5.41) is 3.68. The first kappa shape index (κ1) is 14.0. The average molecular weight is 227 g/mol. The molecule has 1 rings (SSSR count). The molecular weight excluding hydrogens is 198 g/mol. The SMILES string of the molecule is CC(C)CC(C)NC(C)CCC1CCCO1. The zero-order chi connectivity index (χ0) is 12.0. The highest BCUT2D eigenvalue weighted by atomic mass is 16.5. The number of nitrogens with one attached hydrogen (secondary N) is 1. The lowest BCUT2D eigenvalue weighted by molar-refractivity contribution is 0.0996. The molecular formula is C14H29NO. The van der Waals surface area contributed by atoms with E-state index in [1.54, 1.807) is 0 Å². The van der Waals surface area contributed by atoms with Crippen LogP contribution in [0.4, 0.5) is 0 Å². The minimum absolute atomic E-state index is 0.546. The Morgan fingerprint density at radius 1 is 1.19 bits per heavy atom. The Bertz CT molecular complexity index is 176. The second-order valence-electron chi connectivity index (χ2n) is 5.81. The van der Waals surface area contributed by atoms with Gasteiger partial charge in [-0.3, -0.25) is 0 Å². The summed E-state index contributed by atoms with van der Waals surface area (Å²) in [7, 11) is 0. The molecule has 1 fully saturated rings. The van der Waals surface area contributed by atoms with Gasteiger partial charge in [0.05, 0.1) is 6.10 Å². The summed E-state index contributed by atoms with van der Waals surface area (Å²) in [5.41, 5.74) is 0. The van der Waals surface area contributed by atoms with Gasteiger partial charge in [0, 0.05) is 18.7 Å². The van der Waals surface area contributed by atoms with Crippen LogP contribution in [-0.4, -0.2) is 24.8 Å². The highest BCUT2D eigenvalue weighted by Crippen LogP contribution is 2.18. The van der Waals surface area contributed by atoms with Crippen LogP contribution in [0, 0.1) is 5.92 Å². The molecule has 96 valence electrons. The van der Waals surface area contributed by atoms with Crippen LogP contribution in [0.1, 0.15) is 59.8 Å². The number of hydrogen-bond donors (Lipinski definition) is 1. The van der Waals surface area contributed by atoms with Crippen LogP contribution in [0.5, 0.6) is 0 Å². The molecule has 1 heterocycles. The van der Waals surface area contributed by atoms with Crippen LogP contribution < -0.4 is 5.32 Å². The summed E-state index contributed by atoms with van der Waals surface area (Å²) >= 11 is 0. The molecule has 0 aromatic heterocycles. The van der Waals surface area contributed by atoms with E-state index in [4.69, 9.17) is 4.74 Å². The highest BCUT2D eigenvalue weighted by Gasteiger charge is 2.17.